The van der Waals surface area contributed by atoms with Crippen molar-refractivity contribution in [3.63, 3.8) is 0 Å². The van der Waals surface area contributed by atoms with E-state index in [0.717, 1.165) is 19.4 Å². The fourth-order valence-corrected chi connectivity index (χ4v) is 3.42. The van der Waals surface area contributed by atoms with Crippen molar-refractivity contribution in [2.75, 3.05) is 11.4 Å². The number of amides is 1. The number of nitrogens with zero attached hydrogens (tertiary/aromatic N) is 2. The molecule has 1 aliphatic heterocycles. The molecule has 1 unspecified atom stereocenters. The molecule has 1 aromatic carbocycles. The maximum absolute atomic E-state index is 12.9. The van der Waals surface area contributed by atoms with Crippen LogP contribution in [0.2, 0.25) is 0 Å². The minimum Gasteiger partial charge on any atom is -0.360 e. The second-order valence-corrected chi connectivity index (χ2v) is 6.53. The quantitative estimate of drug-likeness (QED) is 0.847. The summed E-state index contributed by atoms with van der Waals surface area (Å²) in [6.07, 6.45) is 2.24. The molecule has 21 heavy (non-hydrogen) atoms. The van der Waals surface area contributed by atoms with Gasteiger partial charge in [-0.3, -0.25) is 4.79 Å². The third-order valence-electron chi connectivity index (χ3n) is 4.34. The van der Waals surface area contributed by atoms with Crippen molar-refractivity contribution in [1.29, 1.82) is 0 Å². The number of para-hydroxylation sites is 1. The van der Waals surface area contributed by atoms with Gasteiger partial charge in [-0.05, 0) is 59.1 Å². The highest BCUT2D eigenvalue weighted by Crippen LogP contribution is 2.29. The van der Waals surface area contributed by atoms with Gasteiger partial charge in [-0.1, -0.05) is 18.2 Å². The van der Waals surface area contributed by atoms with Crippen molar-refractivity contribution in [2.24, 2.45) is 0 Å². The van der Waals surface area contributed by atoms with Crippen LogP contribution in [0, 0.1) is 0 Å². The highest BCUT2D eigenvalue weighted by atomic mass is 16.2. The summed E-state index contributed by atoms with van der Waals surface area (Å²) < 4.78 is 0. The maximum atomic E-state index is 12.9. The van der Waals surface area contributed by atoms with Crippen LogP contribution in [0.1, 0.15) is 46.6 Å². The van der Waals surface area contributed by atoms with Gasteiger partial charge in [0.1, 0.15) is 6.04 Å². The number of hydrogen-bond donors (Lipinski definition) is 0. The molecule has 3 heteroatoms. The number of aryl methyl sites for hydroxylation is 1. The van der Waals surface area contributed by atoms with Crippen LogP contribution >= 0.6 is 0 Å². The molecular formula is C18H28N2O. The van der Waals surface area contributed by atoms with Gasteiger partial charge in [-0.25, -0.2) is 0 Å². The maximum Gasteiger partial charge on any atom is 0.245 e. The highest BCUT2D eigenvalue weighted by molar-refractivity contribution is 5.86. The fourth-order valence-electron chi connectivity index (χ4n) is 3.42. The lowest BCUT2D eigenvalue weighted by atomic mass is 9.99. The summed E-state index contributed by atoms with van der Waals surface area (Å²) in [5, 5.41) is 0. The van der Waals surface area contributed by atoms with Gasteiger partial charge in [0, 0.05) is 24.3 Å². The molecule has 1 aliphatic rings. The Balaban J connectivity index is 2.24. The van der Waals surface area contributed by atoms with Gasteiger partial charge in [0.15, 0.2) is 0 Å². The molecule has 1 amide bonds. The SMILES string of the molecule is CC(C(=O)N(C(C)C)C(C)C)N1CCCc2ccccc21. The Bertz CT molecular complexity index is 488. The van der Waals surface area contributed by atoms with E-state index in [0.29, 0.717) is 0 Å². The smallest absolute Gasteiger partial charge is 0.245 e. The number of rotatable bonds is 4. The molecule has 0 saturated heterocycles. The van der Waals surface area contributed by atoms with E-state index in [2.05, 4.69) is 56.9 Å². The lowest BCUT2D eigenvalue weighted by Gasteiger charge is -2.40. The van der Waals surface area contributed by atoms with Gasteiger partial charge in [-0.15, -0.1) is 0 Å². The van der Waals surface area contributed by atoms with Crippen LogP contribution in [-0.4, -0.2) is 35.5 Å². The molecule has 3 nitrogen and oxygen atoms in total. The predicted octanol–water partition coefficient (Wildman–Crippen LogP) is 3.47. The van der Waals surface area contributed by atoms with E-state index in [-0.39, 0.29) is 24.0 Å². The molecule has 1 aromatic rings. The molecule has 0 aromatic heterocycles. The monoisotopic (exact) mass is 288 g/mol. The molecule has 0 spiro atoms. The van der Waals surface area contributed by atoms with Gasteiger partial charge >= 0.3 is 0 Å². The Morgan fingerprint density at radius 3 is 2.33 bits per heavy atom. The van der Waals surface area contributed by atoms with E-state index >= 15 is 0 Å². The van der Waals surface area contributed by atoms with Crippen molar-refractivity contribution < 1.29 is 4.79 Å². The van der Waals surface area contributed by atoms with Crippen molar-refractivity contribution >= 4 is 11.6 Å². The predicted molar refractivity (Wildman–Crippen MR) is 88.7 cm³/mol. The Morgan fingerprint density at radius 2 is 1.71 bits per heavy atom. The Labute approximate surface area is 128 Å². The van der Waals surface area contributed by atoms with E-state index < -0.39 is 0 Å². The Kier molecular flexibility index (Phi) is 4.92. The minimum atomic E-state index is -0.101. The van der Waals surface area contributed by atoms with Crippen LogP contribution in [0.5, 0.6) is 0 Å². The van der Waals surface area contributed by atoms with Crippen LogP contribution in [0.25, 0.3) is 0 Å². The van der Waals surface area contributed by atoms with Crippen molar-refractivity contribution in [3.05, 3.63) is 29.8 Å². The van der Waals surface area contributed by atoms with Crippen molar-refractivity contribution in [1.82, 2.24) is 4.90 Å². The average Bonchev–Trinajstić information content (AvgIpc) is 2.45. The van der Waals surface area contributed by atoms with Crippen molar-refractivity contribution in [2.45, 2.75) is 65.6 Å². The van der Waals surface area contributed by atoms with Crippen LogP contribution in [0.4, 0.5) is 5.69 Å². The third-order valence-corrected chi connectivity index (χ3v) is 4.34. The van der Waals surface area contributed by atoms with Gasteiger partial charge in [0.2, 0.25) is 5.91 Å². The van der Waals surface area contributed by atoms with Gasteiger partial charge in [0.25, 0.3) is 0 Å². The summed E-state index contributed by atoms with van der Waals surface area (Å²) in [6, 6.07) is 8.85. The van der Waals surface area contributed by atoms with E-state index in [1.54, 1.807) is 0 Å². The molecule has 1 heterocycles. The normalized spacial score (nSPS) is 16.0. The number of benzene rings is 1. The van der Waals surface area contributed by atoms with Gasteiger partial charge in [-0.2, -0.15) is 0 Å². The Morgan fingerprint density at radius 1 is 1.10 bits per heavy atom. The molecule has 116 valence electrons. The standard InChI is InChI=1S/C18H28N2O/c1-13(2)20(14(3)4)18(21)15(5)19-12-8-10-16-9-6-7-11-17(16)19/h6-7,9,11,13-15H,8,10,12H2,1-5H3. The van der Waals surface area contributed by atoms with Crippen LogP contribution < -0.4 is 4.90 Å². The third kappa shape index (κ3) is 3.22. The molecule has 0 saturated carbocycles. The molecule has 2 rings (SSSR count). The van der Waals surface area contributed by atoms with E-state index in [1.165, 1.54) is 11.3 Å². The molecule has 0 N–H and O–H groups in total. The lowest BCUT2D eigenvalue weighted by Crippen LogP contribution is -2.53. The largest absolute Gasteiger partial charge is 0.360 e. The summed E-state index contributed by atoms with van der Waals surface area (Å²) >= 11 is 0. The van der Waals surface area contributed by atoms with Crippen LogP contribution in [-0.2, 0) is 11.2 Å². The number of hydrogen-bond acceptors (Lipinski definition) is 2. The molecule has 0 aliphatic carbocycles. The van der Waals surface area contributed by atoms with Gasteiger partial charge in [0.05, 0.1) is 0 Å². The summed E-state index contributed by atoms with van der Waals surface area (Å²) in [5.41, 5.74) is 2.60. The fraction of sp³-hybridized carbons (Fsp3) is 0.611. The zero-order valence-corrected chi connectivity index (χ0v) is 14.0. The van der Waals surface area contributed by atoms with E-state index in [1.807, 2.05) is 11.8 Å². The number of carbonyl (C=O) groups excluding carboxylic acids is 1. The molecule has 1 atom stereocenters. The van der Waals surface area contributed by atoms with E-state index in [4.69, 9.17) is 0 Å². The number of carbonyl (C=O) groups is 1. The molecular weight excluding hydrogens is 260 g/mol. The summed E-state index contributed by atoms with van der Waals surface area (Å²) in [4.78, 5) is 17.2. The lowest BCUT2D eigenvalue weighted by molar-refractivity contribution is -0.135. The molecule has 0 fully saturated rings. The topological polar surface area (TPSA) is 23.6 Å². The summed E-state index contributed by atoms with van der Waals surface area (Å²) in [6.45, 7) is 11.4. The number of fused-ring (bicyclic) bond motifs is 1. The minimum absolute atomic E-state index is 0.101. The second kappa shape index (κ2) is 6.50. The van der Waals surface area contributed by atoms with Gasteiger partial charge < -0.3 is 9.80 Å². The highest BCUT2D eigenvalue weighted by Gasteiger charge is 2.31. The summed E-state index contributed by atoms with van der Waals surface area (Å²) in [7, 11) is 0. The zero-order chi connectivity index (χ0) is 15.6. The van der Waals surface area contributed by atoms with Crippen LogP contribution in [0.3, 0.4) is 0 Å². The molecule has 0 radical (unpaired) electrons. The van der Waals surface area contributed by atoms with Crippen molar-refractivity contribution in [3.8, 4) is 0 Å². The summed E-state index contributed by atoms with van der Waals surface area (Å²) in [5.74, 6) is 0.233. The Hall–Kier alpha value is -1.51. The first-order valence-corrected chi connectivity index (χ1v) is 8.10. The molecule has 0 bridgehead atoms. The zero-order valence-electron chi connectivity index (χ0n) is 14.0. The first-order valence-electron chi connectivity index (χ1n) is 8.10. The van der Waals surface area contributed by atoms with E-state index in [9.17, 15) is 4.79 Å². The average molecular weight is 288 g/mol. The first-order chi connectivity index (χ1) is 9.93. The van der Waals surface area contributed by atoms with Crippen LogP contribution in [0.15, 0.2) is 24.3 Å². The second-order valence-electron chi connectivity index (χ2n) is 6.53. The number of anilines is 1. The first kappa shape index (κ1) is 15.9.